The fraction of sp³-hybridized carbons (Fsp3) is 0.400. The number of nitrogens with zero attached hydrogens (tertiary/aromatic N) is 4. The van der Waals surface area contributed by atoms with Crippen LogP contribution in [0.5, 0.6) is 5.75 Å². The number of carbonyl (C=O) groups excluding carboxylic acids is 2. The lowest BCUT2D eigenvalue weighted by molar-refractivity contribution is -0.139. The van der Waals surface area contributed by atoms with E-state index in [1.54, 1.807) is 4.68 Å². The zero-order valence-corrected chi connectivity index (χ0v) is 23.8. The number of piperidine rings is 1. The molecule has 1 amide bonds. The number of amides is 1. The Morgan fingerprint density at radius 2 is 1.80 bits per heavy atom. The lowest BCUT2D eigenvalue weighted by Gasteiger charge is -2.28. The van der Waals surface area contributed by atoms with E-state index in [4.69, 9.17) is 19.6 Å². The van der Waals surface area contributed by atoms with Crippen LogP contribution in [0, 0.1) is 0 Å². The number of fused-ring (bicyclic) bond motifs is 1. The average molecular weight is 562 g/mol. The van der Waals surface area contributed by atoms with Crippen LogP contribution in [0.1, 0.15) is 56.7 Å². The first kappa shape index (κ1) is 27.8. The molecule has 210 valence electrons. The van der Waals surface area contributed by atoms with E-state index in [9.17, 15) is 9.59 Å². The smallest absolute Gasteiger partial charge is 0.338 e. The van der Waals surface area contributed by atoms with Gasteiger partial charge in [-0.15, -0.1) is 5.10 Å². The minimum absolute atomic E-state index is 0.00874. The molecule has 1 saturated heterocycles. The number of aromatic nitrogens is 3. The number of anilines is 1. The van der Waals surface area contributed by atoms with Crippen LogP contribution in [0.25, 0.3) is 0 Å². The molecule has 0 saturated carbocycles. The summed E-state index contributed by atoms with van der Waals surface area (Å²) in [5.41, 5.74) is 3.18. The number of esters is 1. The van der Waals surface area contributed by atoms with Crippen molar-refractivity contribution >= 4 is 29.6 Å². The Balaban J connectivity index is 1.36. The van der Waals surface area contributed by atoms with Gasteiger partial charge in [0.25, 0.3) is 5.91 Å². The minimum atomic E-state index is -0.525. The normalized spacial score (nSPS) is 16.8. The zero-order valence-electron chi connectivity index (χ0n) is 23.0. The Morgan fingerprint density at radius 1 is 1.05 bits per heavy atom. The van der Waals surface area contributed by atoms with Crippen molar-refractivity contribution in [3.63, 3.8) is 0 Å². The Labute approximate surface area is 238 Å². The molecule has 10 heteroatoms. The predicted octanol–water partition coefficient (Wildman–Crippen LogP) is 5.20. The van der Waals surface area contributed by atoms with Gasteiger partial charge in [-0.3, -0.25) is 4.79 Å². The first-order valence-corrected chi connectivity index (χ1v) is 14.8. The van der Waals surface area contributed by atoms with Gasteiger partial charge in [-0.05, 0) is 55.9 Å². The number of hydrogen-bond acceptors (Lipinski definition) is 8. The van der Waals surface area contributed by atoms with Gasteiger partial charge < -0.3 is 19.7 Å². The molecule has 0 aliphatic carbocycles. The van der Waals surface area contributed by atoms with Crippen molar-refractivity contribution in [3.05, 3.63) is 77.0 Å². The standard InChI is InChI=1S/C30H35N5O4S/c1-3-18-38-28(37)26-21(2)31-29-32-30(40-20-22-10-6-4-7-11-22)33-35(29)27(26)23-12-14-24(15-13-23)39-19-25(36)34-16-8-5-9-17-34/h4,6-7,10-15,27H,3,5,8-9,16-20H2,1-2H3,(H,31,32,33). The first-order chi connectivity index (χ1) is 19.5. The van der Waals surface area contributed by atoms with E-state index in [-0.39, 0.29) is 18.5 Å². The molecule has 5 rings (SSSR count). The Bertz CT molecular complexity index is 1350. The fourth-order valence-electron chi connectivity index (χ4n) is 4.89. The Hall–Kier alpha value is -3.79. The Morgan fingerprint density at radius 3 is 2.52 bits per heavy atom. The summed E-state index contributed by atoms with van der Waals surface area (Å²) in [5, 5.41) is 8.65. The number of likely N-dealkylation sites (tertiary alicyclic amines) is 1. The number of benzene rings is 2. The maximum Gasteiger partial charge on any atom is 0.338 e. The quantitative estimate of drug-likeness (QED) is 0.266. The number of nitrogens with one attached hydrogen (secondary N) is 1. The maximum atomic E-state index is 13.2. The molecular formula is C30H35N5O4S. The van der Waals surface area contributed by atoms with Gasteiger partial charge in [0.15, 0.2) is 6.61 Å². The highest BCUT2D eigenvalue weighted by Crippen LogP contribution is 2.37. The van der Waals surface area contributed by atoms with Gasteiger partial charge >= 0.3 is 5.97 Å². The van der Waals surface area contributed by atoms with E-state index < -0.39 is 6.04 Å². The Kier molecular flexibility index (Phi) is 9.05. The van der Waals surface area contributed by atoms with Crippen molar-refractivity contribution in [2.75, 3.05) is 31.6 Å². The average Bonchev–Trinajstić information content (AvgIpc) is 3.40. The summed E-state index contributed by atoms with van der Waals surface area (Å²) < 4.78 is 13.1. The highest BCUT2D eigenvalue weighted by Gasteiger charge is 2.35. The van der Waals surface area contributed by atoms with Crippen molar-refractivity contribution in [1.29, 1.82) is 0 Å². The zero-order chi connectivity index (χ0) is 27.9. The molecular weight excluding hydrogens is 526 g/mol. The molecule has 3 heterocycles. The highest BCUT2D eigenvalue weighted by atomic mass is 32.2. The fourth-order valence-corrected chi connectivity index (χ4v) is 5.67. The summed E-state index contributed by atoms with van der Waals surface area (Å²) in [5.74, 6) is 1.52. The largest absolute Gasteiger partial charge is 0.484 e. The van der Waals surface area contributed by atoms with Crippen LogP contribution < -0.4 is 10.1 Å². The summed E-state index contributed by atoms with van der Waals surface area (Å²) in [6.07, 6.45) is 3.99. The van der Waals surface area contributed by atoms with Crippen LogP contribution in [0.4, 0.5) is 5.95 Å². The number of hydrogen-bond donors (Lipinski definition) is 1. The second-order valence-electron chi connectivity index (χ2n) is 9.94. The topological polar surface area (TPSA) is 98.6 Å². The number of rotatable bonds is 10. The molecule has 1 N–H and O–H groups in total. The molecule has 1 aromatic heterocycles. The predicted molar refractivity (Wildman–Crippen MR) is 154 cm³/mol. The second kappa shape index (κ2) is 13.0. The monoisotopic (exact) mass is 561 g/mol. The molecule has 2 aromatic carbocycles. The van der Waals surface area contributed by atoms with Crippen LogP contribution in [-0.4, -0.2) is 57.8 Å². The van der Waals surface area contributed by atoms with Gasteiger partial charge in [-0.25, -0.2) is 9.48 Å². The van der Waals surface area contributed by atoms with Crippen LogP contribution in [-0.2, 0) is 20.1 Å². The van der Waals surface area contributed by atoms with Crippen molar-refractivity contribution in [2.45, 2.75) is 56.5 Å². The molecule has 1 fully saturated rings. The molecule has 0 radical (unpaired) electrons. The first-order valence-electron chi connectivity index (χ1n) is 13.8. The van der Waals surface area contributed by atoms with Gasteiger partial charge in [0, 0.05) is 24.5 Å². The molecule has 0 spiro atoms. The van der Waals surface area contributed by atoms with Crippen LogP contribution in [0.2, 0.25) is 0 Å². The van der Waals surface area contributed by atoms with Crippen molar-refractivity contribution < 1.29 is 19.1 Å². The lowest BCUT2D eigenvalue weighted by Crippen LogP contribution is -2.38. The van der Waals surface area contributed by atoms with Gasteiger partial charge in [0.2, 0.25) is 11.1 Å². The number of carbonyl (C=O) groups is 2. The molecule has 40 heavy (non-hydrogen) atoms. The summed E-state index contributed by atoms with van der Waals surface area (Å²) >= 11 is 1.54. The van der Waals surface area contributed by atoms with Gasteiger partial charge in [-0.1, -0.05) is 61.2 Å². The van der Waals surface area contributed by atoms with E-state index in [1.165, 1.54) is 23.7 Å². The molecule has 3 aromatic rings. The number of thioether (sulfide) groups is 1. The van der Waals surface area contributed by atoms with Gasteiger partial charge in [-0.2, -0.15) is 4.98 Å². The SMILES string of the molecule is CCCOC(=O)C1=C(C)Nc2nc(SCc3ccccc3)nn2C1c1ccc(OCC(=O)N2CCCCC2)cc1. The summed E-state index contributed by atoms with van der Waals surface area (Å²) in [7, 11) is 0. The van der Waals surface area contributed by atoms with E-state index in [0.717, 1.165) is 43.7 Å². The maximum absolute atomic E-state index is 13.2. The van der Waals surface area contributed by atoms with Crippen molar-refractivity contribution in [3.8, 4) is 5.75 Å². The van der Waals surface area contributed by atoms with Crippen LogP contribution in [0.15, 0.2) is 71.0 Å². The molecule has 0 bridgehead atoms. The molecule has 1 atom stereocenters. The molecule has 1 unspecified atom stereocenters. The third kappa shape index (κ3) is 6.50. The molecule has 2 aliphatic rings. The second-order valence-corrected chi connectivity index (χ2v) is 10.9. The van der Waals surface area contributed by atoms with Crippen molar-refractivity contribution in [1.82, 2.24) is 19.7 Å². The van der Waals surface area contributed by atoms with E-state index in [2.05, 4.69) is 17.4 Å². The number of ether oxygens (including phenoxy) is 2. The van der Waals surface area contributed by atoms with Crippen molar-refractivity contribution in [2.24, 2.45) is 0 Å². The van der Waals surface area contributed by atoms with Gasteiger partial charge in [0.05, 0.1) is 12.2 Å². The highest BCUT2D eigenvalue weighted by molar-refractivity contribution is 7.98. The lowest BCUT2D eigenvalue weighted by atomic mass is 9.96. The number of allylic oxidation sites excluding steroid dienone is 1. The minimum Gasteiger partial charge on any atom is -0.484 e. The molecule has 9 nitrogen and oxygen atoms in total. The third-order valence-corrected chi connectivity index (χ3v) is 7.88. The van der Waals surface area contributed by atoms with Crippen LogP contribution >= 0.6 is 11.8 Å². The summed E-state index contributed by atoms with van der Waals surface area (Å²) in [6.45, 7) is 5.76. The third-order valence-electron chi connectivity index (χ3n) is 6.97. The van der Waals surface area contributed by atoms with Gasteiger partial charge in [0.1, 0.15) is 11.8 Å². The van der Waals surface area contributed by atoms with E-state index in [0.29, 0.717) is 34.7 Å². The van der Waals surface area contributed by atoms with Crippen LogP contribution in [0.3, 0.4) is 0 Å². The van der Waals surface area contributed by atoms with E-state index in [1.807, 2.05) is 61.2 Å². The summed E-state index contributed by atoms with van der Waals surface area (Å²) in [6, 6.07) is 17.1. The van der Waals surface area contributed by atoms with E-state index >= 15 is 0 Å². The summed E-state index contributed by atoms with van der Waals surface area (Å²) in [4.78, 5) is 32.3. The molecule has 2 aliphatic heterocycles.